The van der Waals surface area contributed by atoms with Crippen molar-refractivity contribution in [1.29, 1.82) is 0 Å². The first-order chi connectivity index (χ1) is 10.2. The number of benzene rings is 1. The van der Waals surface area contributed by atoms with Gasteiger partial charge in [0, 0.05) is 12.5 Å². The fourth-order valence-corrected chi connectivity index (χ4v) is 2.23. The molecule has 0 fully saturated rings. The Labute approximate surface area is 135 Å². The SMILES string of the molecule is CNC(C)Cc1noc(C2Oc3ccccc3OC2C)n1.Cl. The van der Waals surface area contributed by atoms with Crippen LogP contribution in [0.1, 0.15) is 31.7 Å². The van der Waals surface area contributed by atoms with Crippen LogP contribution in [0.2, 0.25) is 0 Å². The number of aromatic nitrogens is 2. The minimum absolute atomic E-state index is 0. The summed E-state index contributed by atoms with van der Waals surface area (Å²) in [5.74, 6) is 2.56. The number of likely N-dealkylation sites (N-methyl/N-ethyl adjacent to an activating group) is 1. The van der Waals surface area contributed by atoms with Gasteiger partial charge in [0.2, 0.25) is 6.10 Å². The van der Waals surface area contributed by atoms with Crippen LogP contribution in [0.15, 0.2) is 28.8 Å². The fourth-order valence-electron chi connectivity index (χ4n) is 2.23. The Morgan fingerprint density at radius 1 is 1.23 bits per heavy atom. The maximum Gasteiger partial charge on any atom is 0.271 e. The van der Waals surface area contributed by atoms with Gasteiger partial charge in [0.05, 0.1) is 0 Å². The summed E-state index contributed by atoms with van der Waals surface area (Å²) in [5, 5.41) is 7.15. The summed E-state index contributed by atoms with van der Waals surface area (Å²) in [5.41, 5.74) is 0. The maximum absolute atomic E-state index is 5.94. The molecule has 1 aliphatic rings. The van der Waals surface area contributed by atoms with Crippen LogP contribution in [0.4, 0.5) is 0 Å². The topological polar surface area (TPSA) is 69.4 Å². The number of fused-ring (bicyclic) bond motifs is 1. The second kappa shape index (κ2) is 6.98. The van der Waals surface area contributed by atoms with E-state index in [0.717, 1.165) is 5.75 Å². The van der Waals surface area contributed by atoms with Gasteiger partial charge >= 0.3 is 0 Å². The van der Waals surface area contributed by atoms with Gasteiger partial charge in [-0.05, 0) is 33.0 Å². The summed E-state index contributed by atoms with van der Waals surface area (Å²) < 4.78 is 17.1. The Balaban J connectivity index is 0.00000176. The summed E-state index contributed by atoms with van der Waals surface area (Å²) in [6.07, 6.45) is 0.138. The van der Waals surface area contributed by atoms with Gasteiger partial charge in [-0.15, -0.1) is 12.4 Å². The smallest absolute Gasteiger partial charge is 0.271 e. The third kappa shape index (κ3) is 3.34. The number of halogens is 1. The first-order valence-electron chi connectivity index (χ1n) is 7.09. The largest absolute Gasteiger partial charge is 0.482 e. The molecule has 0 amide bonds. The molecule has 1 aromatic heterocycles. The van der Waals surface area contributed by atoms with E-state index in [1.54, 1.807) is 0 Å². The molecule has 0 aliphatic carbocycles. The molecular weight excluding hydrogens is 306 g/mol. The highest BCUT2D eigenvalue weighted by atomic mass is 35.5. The normalized spacial score (nSPS) is 21.0. The van der Waals surface area contributed by atoms with Crippen molar-refractivity contribution in [3.63, 3.8) is 0 Å². The van der Waals surface area contributed by atoms with Crippen LogP contribution in [-0.4, -0.2) is 29.3 Å². The standard InChI is InChI=1S/C15H19N3O3.ClH/c1-9(16-3)8-13-17-15(21-18-13)14-10(2)19-11-6-4-5-7-12(11)20-14;/h4-7,9-10,14,16H,8H2,1-3H3;1H. The summed E-state index contributed by atoms with van der Waals surface area (Å²) in [6, 6.07) is 7.87. The van der Waals surface area contributed by atoms with Gasteiger partial charge in [-0.3, -0.25) is 0 Å². The van der Waals surface area contributed by atoms with Crippen molar-refractivity contribution in [2.45, 2.75) is 38.5 Å². The minimum Gasteiger partial charge on any atom is -0.482 e. The number of nitrogens with zero attached hydrogens (tertiary/aromatic N) is 2. The van der Waals surface area contributed by atoms with Gasteiger partial charge in [0.1, 0.15) is 6.10 Å². The zero-order chi connectivity index (χ0) is 14.8. The van der Waals surface area contributed by atoms with E-state index in [4.69, 9.17) is 14.0 Å². The predicted octanol–water partition coefficient (Wildman–Crippen LogP) is 2.54. The molecule has 0 bridgehead atoms. The molecule has 22 heavy (non-hydrogen) atoms. The molecule has 3 unspecified atom stereocenters. The van der Waals surface area contributed by atoms with E-state index in [9.17, 15) is 0 Å². The lowest BCUT2D eigenvalue weighted by Gasteiger charge is -2.29. The molecule has 3 rings (SSSR count). The van der Waals surface area contributed by atoms with E-state index in [-0.39, 0.29) is 30.7 Å². The highest BCUT2D eigenvalue weighted by molar-refractivity contribution is 5.85. The third-order valence-electron chi connectivity index (χ3n) is 3.55. The summed E-state index contributed by atoms with van der Waals surface area (Å²) in [4.78, 5) is 4.42. The summed E-state index contributed by atoms with van der Waals surface area (Å²) in [7, 11) is 1.91. The molecule has 120 valence electrons. The molecule has 2 aromatic rings. The number of para-hydroxylation sites is 2. The van der Waals surface area contributed by atoms with Crippen LogP contribution in [0.25, 0.3) is 0 Å². The third-order valence-corrected chi connectivity index (χ3v) is 3.55. The van der Waals surface area contributed by atoms with E-state index in [1.807, 2.05) is 38.2 Å². The van der Waals surface area contributed by atoms with Crippen LogP contribution in [0, 0.1) is 0 Å². The quantitative estimate of drug-likeness (QED) is 0.931. The number of nitrogens with one attached hydrogen (secondary N) is 1. The van der Waals surface area contributed by atoms with Crippen molar-refractivity contribution >= 4 is 12.4 Å². The van der Waals surface area contributed by atoms with Crippen molar-refractivity contribution < 1.29 is 14.0 Å². The first-order valence-corrected chi connectivity index (χ1v) is 7.09. The van der Waals surface area contributed by atoms with E-state index in [0.29, 0.717) is 23.9 Å². The van der Waals surface area contributed by atoms with Crippen LogP contribution in [-0.2, 0) is 6.42 Å². The zero-order valence-corrected chi connectivity index (χ0v) is 13.6. The Kier molecular flexibility index (Phi) is 5.26. The predicted molar refractivity (Wildman–Crippen MR) is 83.7 cm³/mol. The zero-order valence-electron chi connectivity index (χ0n) is 12.8. The number of hydrogen-bond acceptors (Lipinski definition) is 6. The molecule has 3 atom stereocenters. The van der Waals surface area contributed by atoms with Gasteiger partial charge in [-0.1, -0.05) is 17.3 Å². The Morgan fingerprint density at radius 2 is 1.91 bits per heavy atom. The van der Waals surface area contributed by atoms with Gasteiger partial charge < -0.3 is 19.3 Å². The molecule has 6 nitrogen and oxygen atoms in total. The lowest BCUT2D eigenvalue weighted by Crippen LogP contribution is -2.31. The van der Waals surface area contributed by atoms with Crippen LogP contribution in [0.3, 0.4) is 0 Å². The molecule has 0 saturated carbocycles. The van der Waals surface area contributed by atoms with E-state index in [1.165, 1.54) is 0 Å². The van der Waals surface area contributed by atoms with Gasteiger partial charge in [0.15, 0.2) is 17.3 Å². The van der Waals surface area contributed by atoms with Crippen molar-refractivity contribution in [2.24, 2.45) is 0 Å². The number of hydrogen-bond donors (Lipinski definition) is 1. The molecule has 0 saturated heterocycles. The summed E-state index contributed by atoms with van der Waals surface area (Å²) in [6.45, 7) is 4.00. The second-order valence-electron chi connectivity index (χ2n) is 5.25. The number of rotatable bonds is 4. The molecule has 1 aromatic carbocycles. The van der Waals surface area contributed by atoms with E-state index < -0.39 is 0 Å². The average Bonchev–Trinajstić information content (AvgIpc) is 2.94. The van der Waals surface area contributed by atoms with Gasteiger partial charge in [-0.25, -0.2) is 0 Å². The van der Waals surface area contributed by atoms with E-state index in [2.05, 4.69) is 22.4 Å². The van der Waals surface area contributed by atoms with E-state index >= 15 is 0 Å². The van der Waals surface area contributed by atoms with Crippen LogP contribution in [0.5, 0.6) is 11.5 Å². The maximum atomic E-state index is 5.94. The molecule has 0 radical (unpaired) electrons. The Bertz CT molecular complexity index is 620. The summed E-state index contributed by atoms with van der Waals surface area (Å²) >= 11 is 0. The molecular formula is C15H20ClN3O3. The highest BCUT2D eigenvalue weighted by Crippen LogP contribution is 2.38. The monoisotopic (exact) mass is 325 g/mol. The van der Waals surface area contributed by atoms with Crippen molar-refractivity contribution in [3.8, 4) is 11.5 Å². The molecule has 1 aliphatic heterocycles. The first kappa shape index (κ1) is 16.6. The lowest BCUT2D eigenvalue weighted by molar-refractivity contribution is 0.0116. The van der Waals surface area contributed by atoms with Gasteiger partial charge in [-0.2, -0.15) is 4.98 Å². The fraction of sp³-hybridized carbons (Fsp3) is 0.467. The van der Waals surface area contributed by atoms with Crippen LogP contribution < -0.4 is 14.8 Å². The molecule has 0 spiro atoms. The average molecular weight is 326 g/mol. The van der Waals surface area contributed by atoms with Crippen molar-refractivity contribution in [1.82, 2.24) is 15.5 Å². The Morgan fingerprint density at radius 3 is 2.59 bits per heavy atom. The number of ether oxygens (including phenoxy) is 2. The van der Waals surface area contributed by atoms with Crippen molar-refractivity contribution in [2.75, 3.05) is 7.05 Å². The Hall–Kier alpha value is -1.79. The lowest BCUT2D eigenvalue weighted by atomic mass is 10.2. The minimum atomic E-state index is -0.383. The molecule has 2 heterocycles. The van der Waals surface area contributed by atoms with Gasteiger partial charge in [0.25, 0.3) is 5.89 Å². The highest BCUT2D eigenvalue weighted by Gasteiger charge is 2.34. The van der Waals surface area contributed by atoms with Crippen molar-refractivity contribution in [3.05, 3.63) is 36.0 Å². The second-order valence-corrected chi connectivity index (χ2v) is 5.25. The van der Waals surface area contributed by atoms with Crippen LogP contribution >= 0.6 is 12.4 Å². The molecule has 7 heteroatoms. The molecule has 1 N–H and O–H groups in total.